The highest BCUT2D eigenvalue weighted by Gasteiger charge is 2.46. The predicted octanol–water partition coefficient (Wildman–Crippen LogP) is 18.1. The molecular weight excluding hydrogens is 835 g/mol. The predicted molar refractivity (Wildman–Crippen MR) is 287 cm³/mol. The molecule has 11 aromatic carbocycles. The van der Waals surface area contributed by atoms with Crippen molar-refractivity contribution in [1.29, 1.82) is 0 Å². The first-order valence-corrected chi connectivity index (χ1v) is 23.7. The van der Waals surface area contributed by atoms with E-state index >= 15 is 0 Å². The molecule has 0 fully saturated rings. The monoisotopic (exact) mass is 879 g/mol. The van der Waals surface area contributed by atoms with Gasteiger partial charge in [-0.05, 0) is 121 Å². The molecule has 1 heterocycles. The minimum atomic E-state index is -0.558. The first kappa shape index (κ1) is 40.3. The van der Waals surface area contributed by atoms with Gasteiger partial charge >= 0.3 is 0 Å². The average Bonchev–Trinajstić information content (AvgIpc) is 3.95. The van der Waals surface area contributed by atoms with Crippen LogP contribution in [0.15, 0.2) is 277 Å². The van der Waals surface area contributed by atoms with Crippen molar-refractivity contribution in [3.63, 3.8) is 0 Å². The molecule has 0 atom stereocenters. The van der Waals surface area contributed by atoms with Crippen molar-refractivity contribution in [3.05, 3.63) is 295 Å². The Balaban J connectivity index is 1.04. The third-order valence-electron chi connectivity index (χ3n) is 14.2. The molecule has 0 amide bonds. The second-order valence-corrected chi connectivity index (χ2v) is 18.0. The molecule has 0 spiro atoms. The highest BCUT2D eigenvalue weighted by atomic mass is 16.3. The van der Waals surface area contributed by atoms with E-state index in [1.54, 1.807) is 0 Å². The first-order chi connectivity index (χ1) is 34.2. The minimum Gasteiger partial charge on any atom is -0.456 e. The molecule has 0 unspecified atom stereocenters. The molecule has 1 aromatic heterocycles. The van der Waals surface area contributed by atoms with Crippen LogP contribution in [-0.2, 0) is 5.41 Å². The van der Waals surface area contributed by atoms with Gasteiger partial charge in [0.15, 0.2) is 0 Å². The van der Waals surface area contributed by atoms with E-state index < -0.39 is 5.41 Å². The van der Waals surface area contributed by atoms with Gasteiger partial charge in [-0.1, -0.05) is 224 Å². The third-order valence-corrected chi connectivity index (χ3v) is 14.2. The van der Waals surface area contributed by atoms with Gasteiger partial charge in [-0.3, -0.25) is 0 Å². The zero-order chi connectivity index (χ0) is 45.7. The fraction of sp³-hybridized carbons (Fsp3) is 0.0149. The van der Waals surface area contributed by atoms with Crippen LogP contribution in [0.5, 0.6) is 0 Å². The lowest BCUT2D eigenvalue weighted by Gasteiger charge is -2.35. The SMILES string of the molecule is c1ccc(-c2ccc(-c3ccc(-c4ccccc4)cc3N(c3ccc(-c4ccc5oc6ccccc6c5c4)cc3)c3ccc4c(c3)C(c3ccccc3)(c3ccccc3)c3ccccc3-4)cc2)cc1. The topological polar surface area (TPSA) is 16.4 Å². The van der Waals surface area contributed by atoms with Crippen molar-refractivity contribution < 1.29 is 4.42 Å². The second kappa shape index (κ2) is 16.7. The van der Waals surface area contributed by atoms with Gasteiger partial charge in [-0.15, -0.1) is 0 Å². The number of para-hydroxylation sites is 1. The molecule has 0 bridgehead atoms. The Bertz CT molecular complexity index is 3760. The summed E-state index contributed by atoms with van der Waals surface area (Å²) < 4.78 is 6.23. The molecular formula is C67H45NO. The Morgan fingerprint density at radius 1 is 0.275 bits per heavy atom. The van der Waals surface area contributed by atoms with Crippen LogP contribution in [0.3, 0.4) is 0 Å². The van der Waals surface area contributed by atoms with Gasteiger partial charge in [0, 0.05) is 27.7 Å². The molecule has 13 rings (SSSR count). The molecule has 12 aromatic rings. The van der Waals surface area contributed by atoms with Gasteiger partial charge in [0.05, 0.1) is 11.1 Å². The molecule has 324 valence electrons. The lowest BCUT2D eigenvalue weighted by atomic mass is 9.67. The van der Waals surface area contributed by atoms with Gasteiger partial charge in [0.25, 0.3) is 0 Å². The zero-order valence-electron chi connectivity index (χ0n) is 37.8. The number of benzene rings is 11. The number of nitrogens with zero attached hydrogens (tertiary/aromatic N) is 1. The molecule has 2 heteroatoms. The molecule has 0 aliphatic heterocycles. The zero-order valence-corrected chi connectivity index (χ0v) is 37.8. The Labute approximate surface area is 402 Å². The summed E-state index contributed by atoms with van der Waals surface area (Å²) in [4.78, 5) is 2.48. The van der Waals surface area contributed by atoms with Crippen LogP contribution < -0.4 is 4.90 Å². The smallest absolute Gasteiger partial charge is 0.135 e. The Kier molecular flexibility index (Phi) is 9.77. The van der Waals surface area contributed by atoms with Crippen molar-refractivity contribution in [3.8, 4) is 55.6 Å². The third kappa shape index (κ3) is 6.80. The van der Waals surface area contributed by atoms with E-state index in [9.17, 15) is 0 Å². The molecule has 0 saturated heterocycles. The molecule has 2 nitrogen and oxygen atoms in total. The number of rotatable bonds is 9. The molecule has 69 heavy (non-hydrogen) atoms. The van der Waals surface area contributed by atoms with Crippen molar-refractivity contribution in [2.24, 2.45) is 0 Å². The normalized spacial score (nSPS) is 12.5. The lowest BCUT2D eigenvalue weighted by Crippen LogP contribution is -2.28. The summed E-state index contributed by atoms with van der Waals surface area (Å²) in [5.41, 5.74) is 21.2. The van der Waals surface area contributed by atoms with Gasteiger partial charge in [0.2, 0.25) is 0 Å². The van der Waals surface area contributed by atoms with Gasteiger partial charge in [0.1, 0.15) is 11.2 Å². The molecule has 0 saturated carbocycles. The maximum absolute atomic E-state index is 6.23. The van der Waals surface area contributed by atoms with E-state index in [1.165, 1.54) is 50.1 Å². The number of anilines is 3. The fourth-order valence-corrected chi connectivity index (χ4v) is 11.0. The fourth-order valence-electron chi connectivity index (χ4n) is 11.0. The second-order valence-electron chi connectivity index (χ2n) is 18.0. The number of hydrogen-bond acceptors (Lipinski definition) is 2. The summed E-state index contributed by atoms with van der Waals surface area (Å²) in [6, 6.07) is 99.6. The number of hydrogen-bond donors (Lipinski definition) is 0. The Morgan fingerprint density at radius 2 is 0.739 bits per heavy atom. The van der Waals surface area contributed by atoms with E-state index in [-0.39, 0.29) is 0 Å². The molecule has 0 radical (unpaired) electrons. The van der Waals surface area contributed by atoms with Gasteiger partial charge < -0.3 is 9.32 Å². The van der Waals surface area contributed by atoms with Crippen LogP contribution in [-0.4, -0.2) is 0 Å². The molecule has 1 aliphatic carbocycles. The van der Waals surface area contributed by atoms with Gasteiger partial charge in [-0.2, -0.15) is 0 Å². The van der Waals surface area contributed by atoms with Crippen molar-refractivity contribution in [2.75, 3.05) is 4.90 Å². The summed E-state index contributed by atoms with van der Waals surface area (Å²) in [5, 5.41) is 2.24. The minimum absolute atomic E-state index is 0.558. The van der Waals surface area contributed by atoms with Gasteiger partial charge in [-0.25, -0.2) is 0 Å². The largest absolute Gasteiger partial charge is 0.456 e. The van der Waals surface area contributed by atoms with Crippen LogP contribution in [0.4, 0.5) is 17.1 Å². The Hall–Kier alpha value is -8.98. The Morgan fingerprint density at radius 3 is 1.45 bits per heavy atom. The van der Waals surface area contributed by atoms with Crippen LogP contribution in [0.1, 0.15) is 22.3 Å². The van der Waals surface area contributed by atoms with Crippen molar-refractivity contribution in [1.82, 2.24) is 0 Å². The summed E-state index contributed by atoms with van der Waals surface area (Å²) >= 11 is 0. The van der Waals surface area contributed by atoms with E-state index in [2.05, 4.69) is 266 Å². The maximum Gasteiger partial charge on any atom is 0.135 e. The van der Waals surface area contributed by atoms with E-state index in [0.717, 1.165) is 66.8 Å². The van der Waals surface area contributed by atoms with E-state index in [0.29, 0.717) is 0 Å². The average molecular weight is 880 g/mol. The summed E-state index contributed by atoms with van der Waals surface area (Å²) in [6.45, 7) is 0. The number of fused-ring (bicyclic) bond motifs is 6. The highest BCUT2D eigenvalue weighted by molar-refractivity contribution is 6.06. The molecule has 1 aliphatic rings. The number of furan rings is 1. The summed E-state index contributed by atoms with van der Waals surface area (Å²) in [5.74, 6) is 0. The summed E-state index contributed by atoms with van der Waals surface area (Å²) in [6.07, 6.45) is 0. The van der Waals surface area contributed by atoms with Crippen LogP contribution in [0.25, 0.3) is 77.6 Å². The van der Waals surface area contributed by atoms with Crippen LogP contribution in [0.2, 0.25) is 0 Å². The van der Waals surface area contributed by atoms with Crippen molar-refractivity contribution in [2.45, 2.75) is 5.41 Å². The quantitative estimate of drug-likeness (QED) is 0.144. The summed E-state index contributed by atoms with van der Waals surface area (Å²) in [7, 11) is 0. The molecule has 0 N–H and O–H groups in total. The van der Waals surface area contributed by atoms with Crippen molar-refractivity contribution >= 4 is 39.0 Å². The maximum atomic E-state index is 6.23. The van der Waals surface area contributed by atoms with Crippen LogP contribution in [0, 0.1) is 0 Å². The standard InChI is InChI=1S/C67H45NO/c1-5-17-46(18-6-1)48-29-31-50(32-30-48)57-40-35-52(47-19-7-2-8-20-47)44-64(57)68(55-37-33-49(34-38-55)51-36-42-66-61(43-51)60-26-14-16-28-65(60)69-66)56-39-41-59-58-25-13-15-27-62(58)67(63(59)45-56,53-21-9-3-10-22-53)54-23-11-4-12-24-54/h1-45H. The van der Waals surface area contributed by atoms with E-state index in [4.69, 9.17) is 4.42 Å². The first-order valence-electron chi connectivity index (χ1n) is 23.7. The lowest BCUT2D eigenvalue weighted by molar-refractivity contribution is 0.669. The van der Waals surface area contributed by atoms with E-state index in [1.807, 2.05) is 12.1 Å². The highest BCUT2D eigenvalue weighted by Crippen LogP contribution is 2.57. The van der Waals surface area contributed by atoms with Crippen LogP contribution >= 0.6 is 0 Å².